The number of rotatable bonds is 5. The standard InChI is InChI=1S/C11H19N3OS/c1-4-11(12,5-2)10(15)13-6-9-14-8(3)7-16-9/h7H,4-6,12H2,1-3H3,(H,13,15). The maximum absolute atomic E-state index is 11.8. The maximum atomic E-state index is 11.8. The van der Waals surface area contributed by atoms with Crippen molar-refractivity contribution in [2.24, 2.45) is 5.73 Å². The smallest absolute Gasteiger partial charge is 0.240 e. The molecule has 0 aliphatic rings. The van der Waals surface area contributed by atoms with Crippen LogP contribution < -0.4 is 11.1 Å². The summed E-state index contributed by atoms with van der Waals surface area (Å²) in [5, 5.41) is 5.72. The van der Waals surface area contributed by atoms with Gasteiger partial charge in [-0.2, -0.15) is 0 Å². The molecule has 0 fully saturated rings. The number of aryl methyl sites for hydroxylation is 1. The van der Waals surface area contributed by atoms with Crippen molar-refractivity contribution in [1.82, 2.24) is 10.3 Å². The third kappa shape index (κ3) is 3.02. The number of hydrogen-bond acceptors (Lipinski definition) is 4. The zero-order chi connectivity index (χ0) is 12.2. The first-order valence-electron chi connectivity index (χ1n) is 5.50. The molecule has 0 unspecified atom stereocenters. The summed E-state index contributed by atoms with van der Waals surface area (Å²) in [6, 6.07) is 0. The molecule has 0 aliphatic heterocycles. The molecule has 0 spiro atoms. The van der Waals surface area contributed by atoms with Crippen LogP contribution >= 0.6 is 11.3 Å². The second kappa shape index (κ2) is 5.41. The highest BCUT2D eigenvalue weighted by atomic mass is 32.1. The molecule has 90 valence electrons. The first-order chi connectivity index (χ1) is 7.51. The average molecular weight is 241 g/mol. The first kappa shape index (κ1) is 13.1. The molecule has 16 heavy (non-hydrogen) atoms. The normalized spacial score (nSPS) is 11.5. The summed E-state index contributed by atoms with van der Waals surface area (Å²) in [5.74, 6) is -0.0923. The largest absolute Gasteiger partial charge is 0.348 e. The lowest BCUT2D eigenvalue weighted by atomic mass is 9.93. The molecule has 1 aromatic rings. The highest BCUT2D eigenvalue weighted by Crippen LogP contribution is 2.12. The van der Waals surface area contributed by atoms with Gasteiger partial charge >= 0.3 is 0 Å². The van der Waals surface area contributed by atoms with Gasteiger partial charge in [0.1, 0.15) is 5.01 Å². The maximum Gasteiger partial charge on any atom is 0.240 e. The third-order valence-corrected chi connectivity index (χ3v) is 3.75. The summed E-state index contributed by atoms with van der Waals surface area (Å²) in [6.45, 7) is 6.26. The SMILES string of the molecule is CCC(N)(CC)C(=O)NCc1nc(C)cs1. The van der Waals surface area contributed by atoms with E-state index in [-0.39, 0.29) is 5.91 Å². The van der Waals surface area contributed by atoms with Crippen molar-refractivity contribution in [3.63, 3.8) is 0 Å². The predicted octanol–water partition coefficient (Wildman–Crippen LogP) is 1.59. The van der Waals surface area contributed by atoms with E-state index in [9.17, 15) is 4.79 Å². The van der Waals surface area contributed by atoms with Crippen LogP contribution in [0.15, 0.2) is 5.38 Å². The molecule has 1 heterocycles. The Bertz CT molecular complexity index is 358. The van der Waals surface area contributed by atoms with Crippen molar-refractivity contribution < 1.29 is 4.79 Å². The molecule has 0 saturated carbocycles. The Morgan fingerprint density at radius 3 is 2.62 bits per heavy atom. The summed E-state index contributed by atoms with van der Waals surface area (Å²) in [7, 11) is 0. The van der Waals surface area contributed by atoms with Gasteiger partial charge in [0.25, 0.3) is 0 Å². The van der Waals surface area contributed by atoms with Crippen molar-refractivity contribution in [2.75, 3.05) is 0 Å². The van der Waals surface area contributed by atoms with E-state index in [0.717, 1.165) is 10.7 Å². The summed E-state index contributed by atoms with van der Waals surface area (Å²) in [5.41, 5.74) is 6.22. The van der Waals surface area contributed by atoms with Gasteiger partial charge in [0.05, 0.1) is 12.1 Å². The van der Waals surface area contributed by atoms with Crippen molar-refractivity contribution >= 4 is 17.2 Å². The Balaban J connectivity index is 2.52. The molecule has 5 heteroatoms. The second-order valence-electron chi connectivity index (χ2n) is 3.93. The van der Waals surface area contributed by atoms with Gasteiger partial charge in [-0.1, -0.05) is 13.8 Å². The fourth-order valence-corrected chi connectivity index (χ4v) is 2.10. The minimum absolute atomic E-state index is 0.0923. The Morgan fingerprint density at radius 1 is 1.56 bits per heavy atom. The molecule has 1 aromatic heterocycles. The second-order valence-corrected chi connectivity index (χ2v) is 4.87. The van der Waals surface area contributed by atoms with Crippen LogP contribution in [0.3, 0.4) is 0 Å². The molecule has 1 amide bonds. The predicted molar refractivity (Wildman–Crippen MR) is 66.2 cm³/mol. The Morgan fingerprint density at radius 2 is 2.19 bits per heavy atom. The molecule has 0 aliphatic carbocycles. The number of nitrogens with one attached hydrogen (secondary N) is 1. The van der Waals surface area contributed by atoms with Crippen LogP contribution in [-0.2, 0) is 11.3 Å². The van der Waals surface area contributed by atoms with Gasteiger partial charge in [0, 0.05) is 11.1 Å². The molecule has 0 saturated heterocycles. The van der Waals surface area contributed by atoms with Gasteiger partial charge in [-0.25, -0.2) is 4.98 Å². The summed E-state index contributed by atoms with van der Waals surface area (Å²) >= 11 is 1.55. The minimum atomic E-state index is -0.744. The number of nitrogens with two attached hydrogens (primary N) is 1. The summed E-state index contributed by atoms with van der Waals surface area (Å²) in [6.07, 6.45) is 1.29. The first-order valence-corrected chi connectivity index (χ1v) is 6.38. The van der Waals surface area contributed by atoms with Crippen LogP contribution in [0.5, 0.6) is 0 Å². The van der Waals surface area contributed by atoms with Crippen LogP contribution in [0.1, 0.15) is 37.4 Å². The van der Waals surface area contributed by atoms with Crippen molar-refractivity contribution in [1.29, 1.82) is 0 Å². The van der Waals surface area contributed by atoms with Crippen LogP contribution in [0.2, 0.25) is 0 Å². The molecule has 0 radical (unpaired) electrons. The molecule has 0 aromatic carbocycles. The molecule has 0 atom stereocenters. The fraction of sp³-hybridized carbons (Fsp3) is 0.636. The van der Waals surface area contributed by atoms with E-state index >= 15 is 0 Å². The molecular formula is C11H19N3OS. The molecule has 0 bridgehead atoms. The number of nitrogens with zero attached hydrogens (tertiary/aromatic N) is 1. The molecule has 3 N–H and O–H groups in total. The lowest BCUT2D eigenvalue weighted by Crippen LogP contribution is -2.52. The average Bonchev–Trinajstić information content (AvgIpc) is 2.70. The Hall–Kier alpha value is -0.940. The van der Waals surface area contributed by atoms with Gasteiger partial charge in [-0.3, -0.25) is 4.79 Å². The Labute approximate surface area is 100 Å². The Kier molecular flexibility index (Phi) is 4.44. The summed E-state index contributed by atoms with van der Waals surface area (Å²) < 4.78 is 0. The minimum Gasteiger partial charge on any atom is -0.348 e. The van der Waals surface area contributed by atoms with Crippen LogP contribution in [-0.4, -0.2) is 16.4 Å². The van der Waals surface area contributed by atoms with Gasteiger partial charge in [0.15, 0.2) is 0 Å². The van der Waals surface area contributed by atoms with Crippen molar-refractivity contribution in [3.8, 4) is 0 Å². The number of carbonyl (C=O) groups excluding carboxylic acids is 1. The van der Waals surface area contributed by atoms with Crippen LogP contribution in [0.25, 0.3) is 0 Å². The van der Waals surface area contributed by atoms with E-state index < -0.39 is 5.54 Å². The van der Waals surface area contributed by atoms with E-state index in [1.54, 1.807) is 11.3 Å². The van der Waals surface area contributed by atoms with E-state index in [0.29, 0.717) is 19.4 Å². The van der Waals surface area contributed by atoms with Gasteiger partial charge in [-0.15, -0.1) is 11.3 Å². The van der Waals surface area contributed by atoms with Crippen molar-refractivity contribution in [2.45, 2.75) is 45.7 Å². The van der Waals surface area contributed by atoms with E-state index in [1.807, 2.05) is 26.2 Å². The van der Waals surface area contributed by atoms with E-state index in [4.69, 9.17) is 5.73 Å². The zero-order valence-corrected chi connectivity index (χ0v) is 10.9. The number of carbonyl (C=O) groups is 1. The zero-order valence-electron chi connectivity index (χ0n) is 10.0. The highest BCUT2D eigenvalue weighted by Gasteiger charge is 2.29. The fourth-order valence-electron chi connectivity index (χ4n) is 1.39. The number of thiazole rings is 1. The summed E-state index contributed by atoms with van der Waals surface area (Å²) in [4.78, 5) is 16.1. The van der Waals surface area contributed by atoms with Gasteiger partial charge < -0.3 is 11.1 Å². The van der Waals surface area contributed by atoms with E-state index in [1.165, 1.54) is 0 Å². The lowest BCUT2D eigenvalue weighted by Gasteiger charge is -2.24. The quantitative estimate of drug-likeness (QED) is 0.822. The number of aromatic nitrogens is 1. The van der Waals surface area contributed by atoms with Gasteiger partial charge in [-0.05, 0) is 19.8 Å². The number of hydrogen-bond donors (Lipinski definition) is 2. The van der Waals surface area contributed by atoms with E-state index in [2.05, 4.69) is 10.3 Å². The molecule has 1 rings (SSSR count). The molecule has 4 nitrogen and oxygen atoms in total. The number of amides is 1. The van der Waals surface area contributed by atoms with Crippen LogP contribution in [0, 0.1) is 6.92 Å². The third-order valence-electron chi connectivity index (χ3n) is 2.78. The van der Waals surface area contributed by atoms with Crippen LogP contribution in [0.4, 0.5) is 0 Å². The monoisotopic (exact) mass is 241 g/mol. The van der Waals surface area contributed by atoms with Crippen molar-refractivity contribution in [3.05, 3.63) is 16.1 Å². The highest BCUT2D eigenvalue weighted by molar-refractivity contribution is 7.09. The van der Waals surface area contributed by atoms with Gasteiger partial charge in [0.2, 0.25) is 5.91 Å². The topological polar surface area (TPSA) is 68.0 Å². The lowest BCUT2D eigenvalue weighted by molar-refractivity contribution is -0.126. The molecular weight excluding hydrogens is 222 g/mol.